The number of anilines is 2. The zero-order valence-electron chi connectivity index (χ0n) is 10.9. The molecule has 0 amide bonds. The van der Waals surface area contributed by atoms with Gasteiger partial charge in [-0.2, -0.15) is 4.98 Å². The van der Waals surface area contributed by atoms with E-state index in [2.05, 4.69) is 27.1 Å². The second-order valence-corrected chi connectivity index (χ2v) is 5.43. The minimum Gasteiger partial charge on any atom is -0.368 e. The average Bonchev–Trinajstić information content (AvgIpc) is 2.38. The van der Waals surface area contributed by atoms with Crippen LogP contribution >= 0.6 is 0 Å². The van der Waals surface area contributed by atoms with Gasteiger partial charge in [-0.05, 0) is 18.8 Å². The quantitative estimate of drug-likeness (QED) is 0.773. The Labute approximate surface area is 108 Å². The molecule has 3 heterocycles. The molecule has 0 aromatic carbocycles. The summed E-state index contributed by atoms with van der Waals surface area (Å²) >= 11 is 0. The molecular formula is C13H21N5. The monoisotopic (exact) mass is 247 g/mol. The van der Waals surface area contributed by atoms with Crippen LogP contribution in [0.4, 0.5) is 11.8 Å². The molecule has 0 saturated carbocycles. The highest BCUT2D eigenvalue weighted by atomic mass is 15.2. The second kappa shape index (κ2) is 4.72. The van der Waals surface area contributed by atoms with E-state index in [-0.39, 0.29) is 0 Å². The summed E-state index contributed by atoms with van der Waals surface area (Å²) in [5.74, 6) is 2.32. The number of fused-ring (bicyclic) bond motifs is 1. The number of nitrogen functional groups attached to an aromatic ring is 1. The Bertz CT molecular complexity index is 437. The largest absolute Gasteiger partial charge is 0.368 e. The highest BCUT2D eigenvalue weighted by Crippen LogP contribution is 2.28. The molecule has 0 aliphatic carbocycles. The van der Waals surface area contributed by atoms with E-state index in [4.69, 9.17) is 5.73 Å². The first-order chi connectivity index (χ1) is 8.74. The van der Waals surface area contributed by atoms with Gasteiger partial charge in [-0.1, -0.05) is 6.92 Å². The van der Waals surface area contributed by atoms with Gasteiger partial charge in [0.2, 0.25) is 5.95 Å². The lowest BCUT2D eigenvalue weighted by Gasteiger charge is -2.33. The predicted molar refractivity (Wildman–Crippen MR) is 72.5 cm³/mol. The molecule has 18 heavy (non-hydrogen) atoms. The molecule has 0 radical (unpaired) electrons. The minimum absolute atomic E-state index is 0.421. The molecule has 98 valence electrons. The van der Waals surface area contributed by atoms with E-state index in [0.717, 1.165) is 50.0 Å². The molecule has 5 heteroatoms. The molecule has 0 unspecified atom stereocenters. The number of nitrogens with two attached hydrogens (primary N) is 1. The summed E-state index contributed by atoms with van der Waals surface area (Å²) in [5, 5.41) is 3.40. The van der Waals surface area contributed by atoms with Crippen molar-refractivity contribution in [3.8, 4) is 0 Å². The lowest BCUT2D eigenvalue weighted by molar-refractivity contribution is 0.435. The maximum Gasteiger partial charge on any atom is 0.222 e. The topological polar surface area (TPSA) is 67.1 Å². The van der Waals surface area contributed by atoms with E-state index in [9.17, 15) is 0 Å². The smallest absolute Gasteiger partial charge is 0.222 e. The maximum atomic E-state index is 5.85. The molecule has 2 aliphatic heterocycles. The molecule has 1 saturated heterocycles. The summed E-state index contributed by atoms with van der Waals surface area (Å²) in [6.45, 7) is 6.35. The zero-order chi connectivity index (χ0) is 12.5. The first-order valence-electron chi connectivity index (χ1n) is 6.85. The van der Waals surface area contributed by atoms with Gasteiger partial charge in [0, 0.05) is 38.2 Å². The third-order valence-corrected chi connectivity index (χ3v) is 4.01. The van der Waals surface area contributed by atoms with Crippen LogP contribution in [0.1, 0.15) is 31.0 Å². The van der Waals surface area contributed by atoms with E-state index < -0.39 is 0 Å². The fourth-order valence-corrected chi connectivity index (χ4v) is 2.83. The van der Waals surface area contributed by atoms with E-state index >= 15 is 0 Å². The van der Waals surface area contributed by atoms with Gasteiger partial charge in [0.05, 0.1) is 5.69 Å². The number of hydrogen-bond acceptors (Lipinski definition) is 5. The van der Waals surface area contributed by atoms with Crippen molar-refractivity contribution in [2.45, 2.75) is 32.7 Å². The Morgan fingerprint density at radius 1 is 1.28 bits per heavy atom. The van der Waals surface area contributed by atoms with Crippen molar-refractivity contribution in [1.82, 2.24) is 15.3 Å². The van der Waals surface area contributed by atoms with Crippen molar-refractivity contribution in [1.29, 1.82) is 0 Å². The van der Waals surface area contributed by atoms with Gasteiger partial charge in [-0.25, -0.2) is 4.98 Å². The van der Waals surface area contributed by atoms with Crippen molar-refractivity contribution in [3.05, 3.63) is 11.3 Å². The summed E-state index contributed by atoms with van der Waals surface area (Å²) in [7, 11) is 0. The highest BCUT2D eigenvalue weighted by Gasteiger charge is 2.23. The minimum atomic E-state index is 0.421. The summed E-state index contributed by atoms with van der Waals surface area (Å²) in [6.07, 6.45) is 3.44. The number of aromatic nitrogens is 2. The Kier molecular flexibility index (Phi) is 3.07. The van der Waals surface area contributed by atoms with Crippen LogP contribution in [0.25, 0.3) is 0 Å². The standard InChI is InChI=1S/C13H21N5/c1-9-3-6-18(7-4-9)12-10-8-15-5-2-11(10)16-13(14)17-12/h9,15H,2-8H2,1H3,(H2,14,16,17). The molecule has 3 N–H and O–H groups in total. The van der Waals surface area contributed by atoms with Crippen molar-refractivity contribution in [2.24, 2.45) is 5.92 Å². The highest BCUT2D eigenvalue weighted by molar-refractivity contribution is 5.53. The number of nitrogens with zero attached hydrogens (tertiary/aromatic N) is 3. The van der Waals surface area contributed by atoms with Crippen LogP contribution in [0.3, 0.4) is 0 Å². The molecule has 0 spiro atoms. The molecule has 0 bridgehead atoms. The normalized spacial score (nSPS) is 20.8. The first-order valence-corrected chi connectivity index (χ1v) is 6.85. The third kappa shape index (κ3) is 2.14. The van der Waals surface area contributed by atoms with Crippen LogP contribution in [0.2, 0.25) is 0 Å². The first kappa shape index (κ1) is 11.7. The fraction of sp³-hybridized carbons (Fsp3) is 0.692. The maximum absolute atomic E-state index is 5.85. The summed E-state index contributed by atoms with van der Waals surface area (Å²) in [5.41, 5.74) is 8.24. The summed E-state index contributed by atoms with van der Waals surface area (Å²) in [4.78, 5) is 11.3. The van der Waals surface area contributed by atoms with Crippen LogP contribution in [0.15, 0.2) is 0 Å². The average molecular weight is 247 g/mol. The molecule has 0 atom stereocenters. The predicted octanol–water partition coefficient (Wildman–Crippen LogP) is 0.941. The van der Waals surface area contributed by atoms with Gasteiger partial charge in [0.1, 0.15) is 5.82 Å². The molecule has 2 aliphatic rings. The Balaban J connectivity index is 1.93. The molecular weight excluding hydrogens is 226 g/mol. The number of nitrogens with one attached hydrogen (secondary N) is 1. The van der Waals surface area contributed by atoms with Crippen LogP contribution in [-0.2, 0) is 13.0 Å². The van der Waals surface area contributed by atoms with Gasteiger partial charge < -0.3 is 16.0 Å². The van der Waals surface area contributed by atoms with E-state index in [1.807, 2.05) is 0 Å². The molecule has 1 fully saturated rings. The zero-order valence-corrected chi connectivity index (χ0v) is 10.9. The Morgan fingerprint density at radius 2 is 2.06 bits per heavy atom. The second-order valence-electron chi connectivity index (χ2n) is 5.43. The van der Waals surface area contributed by atoms with E-state index in [1.165, 1.54) is 18.4 Å². The lowest BCUT2D eigenvalue weighted by Crippen LogP contribution is -2.36. The van der Waals surface area contributed by atoms with Crippen LogP contribution < -0.4 is 16.0 Å². The van der Waals surface area contributed by atoms with E-state index in [1.54, 1.807) is 0 Å². The summed E-state index contributed by atoms with van der Waals surface area (Å²) in [6, 6.07) is 0. The van der Waals surface area contributed by atoms with Gasteiger partial charge in [0.15, 0.2) is 0 Å². The number of rotatable bonds is 1. The SMILES string of the molecule is CC1CCN(c2nc(N)nc3c2CNCC3)CC1. The fourth-order valence-electron chi connectivity index (χ4n) is 2.83. The molecule has 3 rings (SSSR count). The van der Waals surface area contributed by atoms with Crippen molar-refractivity contribution in [2.75, 3.05) is 30.3 Å². The van der Waals surface area contributed by atoms with Crippen LogP contribution in [0, 0.1) is 5.92 Å². The summed E-state index contributed by atoms with van der Waals surface area (Å²) < 4.78 is 0. The van der Waals surface area contributed by atoms with Crippen molar-refractivity contribution < 1.29 is 0 Å². The van der Waals surface area contributed by atoms with E-state index in [0.29, 0.717) is 5.95 Å². The van der Waals surface area contributed by atoms with Gasteiger partial charge >= 0.3 is 0 Å². The van der Waals surface area contributed by atoms with Crippen molar-refractivity contribution >= 4 is 11.8 Å². The van der Waals surface area contributed by atoms with Crippen molar-refractivity contribution in [3.63, 3.8) is 0 Å². The van der Waals surface area contributed by atoms with Gasteiger partial charge in [-0.15, -0.1) is 0 Å². The van der Waals surface area contributed by atoms with Crippen LogP contribution in [-0.4, -0.2) is 29.6 Å². The molecule has 5 nitrogen and oxygen atoms in total. The van der Waals surface area contributed by atoms with Gasteiger partial charge in [0.25, 0.3) is 0 Å². The third-order valence-electron chi connectivity index (χ3n) is 4.01. The van der Waals surface area contributed by atoms with Gasteiger partial charge in [-0.3, -0.25) is 0 Å². The Morgan fingerprint density at radius 3 is 2.83 bits per heavy atom. The Hall–Kier alpha value is -1.36. The number of hydrogen-bond donors (Lipinski definition) is 2. The molecule has 1 aromatic rings. The lowest BCUT2D eigenvalue weighted by atomic mass is 9.98. The molecule has 1 aromatic heterocycles. The van der Waals surface area contributed by atoms with Crippen LogP contribution in [0.5, 0.6) is 0 Å². The number of piperidine rings is 1.